The lowest BCUT2D eigenvalue weighted by molar-refractivity contribution is -0.141. The molecule has 2 fully saturated rings. The van der Waals surface area contributed by atoms with Crippen molar-refractivity contribution in [2.75, 3.05) is 37.7 Å². The number of rotatable bonds is 4. The molecule has 1 unspecified atom stereocenters. The van der Waals surface area contributed by atoms with Gasteiger partial charge in [0.15, 0.2) is 11.5 Å². The third-order valence-electron chi connectivity index (χ3n) is 6.85. The average Bonchev–Trinajstić information content (AvgIpc) is 3.61. The molecule has 1 atom stereocenters. The van der Waals surface area contributed by atoms with Crippen molar-refractivity contribution >= 4 is 11.7 Å². The number of para-hydroxylation sites is 2. The van der Waals surface area contributed by atoms with E-state index < -0.39 is 6.10 Å². The molecule has 4 heterocycles. The molecule has 1 aliphatic carbocycles. The van der Waals surface area contributed by atoms with Gasteiger partial charge in [-0.15, -0.1) is 0 Å². The van der Waals surface area contributed by atoms with Gasteiger partial charge in [0.05, 0.1) is 0 Å². The molecule has 2 aliphatic heterocycles. The molecule has 9 nitrogen and oxygen atoms in total. The Labute approximate surface area is 197 Å². The fourth-order valence-electron chi connectivity index (χ4n) is 4.90. The zero-order valence-electron chi connectivity index (χ0n) is 18.9. The third-order valence-corrected chi connectivity index (χ3v) is 6.85. The van der Waals surface area contributed by atoms with Crippen LogP contribution in [0.1, 0.15) is 37.5 Å². The van der Waals surface area contributed by atoms with Crippen LogP contribution in [0.25, 0.3) is 11.4 Å². The highest BCUT2D eigenvalue weighted by molar-refractivity contribution is 5.82. The lowest BCUT2D eigenvalue weighted by Gasteiger charge is -2.37. The number of hydrogen-bond acceptors (Lipinski definition) is 8. The Kier molecular flexibility index (Phi) is 5.52. The van der Waals surface area contributed by atoms with Crippen LogP contribution in [0.15, 0.2) is 47.1 Å². The summed E-state index contributed by atoms with van der Waals surface area (Å²) >= 11 is 0. The summed E-state index contributed by atoms with van der Waals surface area (Å²) < 4.78 is 17.1. The number of hydrogen-bond donors (Lipinski definition) is 0. The van der Waals surface area contributed by atoms with Crippen LogP contribution in [-0.4, -0.2) is 64.8 Å². The highest BCUT2D eigenvalue weighted by Crippen LogP contribution is 2.34. The molecular formula is C25H27N5O4. The van der Waals surface area contributed by atoms with Crippen LogP contribution < -0.4 is 14.4 Å². The molecule has 1 saturated carbocycles. The van der Waals surface area contributed by atoms with Crippen molar-refractivity contribution in [3.63, 3.8) is 0 Å². The van der Waals surface area contributed by atoms with Crippen LogP contribution in [0.4, 0.5) is 5.82 Å². The summed E-state index contributed by atoms with van der Waals surface area (Å²) in [6.07, 6.45) is 5.89. The Morgan fingerprint density at radius 1 is 0.971 bits per heavy atom. The topological polar surface area (TPSA) is 93.8 Å². The van der Waals surface area contributed by atoms with E-state index >= 15 is 0 Å². The van der Waals surface area contributed by atoms with E-state index in [0.717, 1.165) is 30.1 Å². The van der Waals surface area contributed by atoms with Crippen molar-refractivity contribution in [1.82, 2.24) is 20.0 Å². The van der Waals surface area contributed by atoms with Gasteiger partial charge < -0.3 is 23.8 Å². The molecule has 0 bridgehead atoms. The van der Waals surface area contributed by atoms with Crippen molar-refractivity contribution in [2.24, 2.45) is 0 Å². The molecule has 3 aromatic rings. The summed E-state index contributed by atoms with van der Waals surface area (Å²) in [5, 5.41) is 4.16. The first-order valence-electron chi connectivity index (χ1n) is 12.0. The number of carbonyl (C=O) groups excluding carboxylic acids is 1. The SMILES string of the molecule is O=C(C1COc2ccccc2O1)N1CCN(c2ccc(-c3noc(C4CCCC4)n3)cn2)CC1. The standard InChI is InChI=1S/C25H27N5O4/c31-25(21-16-32-19-7-3-4-8-20(19)33-21)30-13-11-29(12-14-30)22-10-9-18(15-26-22)23-27-24(34-28-23)17-5-1-2-6-17/h3-4,7-10,15,17,21H,1-2,5-6,11-14,16H2. The maximum atomic E-state index is 13.0. The molecule has 9 heteroatoms. The molecule has 34 heavy (non-hydrogen) atoms. The maximum Gasteiger partial charge on any atom is 0.267 e. The average molecular weight is 462 g/mol. The summed E-state index contributed by atoms with van der Waals surface area (Å²) in [4.78, 5) is 26.2. The number of ether oxygens (including phenoxy) is 2. The molecule has 176 valence electrons. The van der Waals surface area contributed by atoms with Gasteiger partial charge in [0.1, 0.15) is 12.4 Å². The van der Waals surface area contributed by atoms with Gasteiger partial charge in [0, 0.05) is 43.9 Å². The van der Waals surface area contributed by atoms with E-state index in [4.69, 9.17) is 14.0 Å². The molecular weight excluding hydrogens is 434 g/mol. The first kappa shape index (κ1) is 20.9. The summed E-state index contributed by atoms with van der Waals surface area (Å²) in [6, 6.07) is 11.4. The molecule has 1 aromatic carbocycles. The lowest BCUT2D eigenvalue weighted by Crippen LogP contribution is -2.54. The Bertz CT molecular complexity index is 1150. The number of carbonyl (C=O) groups is 1. The summed E-state index contributed by atoms with van der Waals surface area (Å²) in [6.45, 7) is 2.86. The highest BCUT2D eigenvalue weighted by atomic mass is 16.6. The first-order chi connectivity index (χ1) is 16.7. The van der Waals surface area contributed by atoms with E-state index in [9.17, 15) is 4.79 Å². The van der Waals surface area contributed by atoms with E-state index in [0.29, 0.717) is 49.4 Å². The number of benzene rings is 1. The fraction of sp³-hybridized carbons (Fsp3) is 0.440. The Hall–Kier alpha value is -3.62. The lowest BCUT2D eigenvalue weighted by atomic mass is 10.1. The Morgan fingerprint density at radius 2 is 1.76 bits per heavy atom. The largest absolute Gasteiger partial charge is 0.485 e. The van der Waals surface area contributed by atoms with Crippen molar-refractivity contribution in [1.29, 1.82) is 0 Å². The van der Waals surface area contributed by atoms with Gasteiger partial charge in [0.25, 0.3) is 5.91 Å². The van der Waals surface area contributed by atoms with E-state index in [2.05, 4.69) is 20.0 Å². The van der Waals surface area contributed by atoms with Gasteiger partial charge in [0.2, 0.25) is 17.8 Å². The molecule has 1 saturated heterocycles. The predicted molar refractivity (Wildman–Crippen MR) is 124 cm³/mol. The van der Waals surface area contributed by atoms with Crippen molar-refractivity contribution < 1.29 is 18.8 Å². The van der Waals surface area contributed by atoms with Crippen LogP contribution in [-0.2, 0) is 4.79 Å². The van der Waals surface area contributed by atoms with E-state index in [1.807, 2.05) is 41.3 Å². The van der Waals surface area contributed by atoms with Crippen molar-refractivity contribution in [3.05, 3.63) is 48.5 Å². The third kappa shape index (κ3) is 4.06. The summed E-state index contributed by atoms with van der Waals surface area (Å²) in [7, 11) is 0. The molecule has 0 N–H and O–H groups in total. The second-order valence-corrected chi connectivity index (χ2v) is 9.02. The minimum atomic E-state index is -0.608. The highest BCUT2D eigenvalue weighted by Gasteiger charge is 2.33. The zero-order valence-corrected chi connectivity index (χ0v) is 18.9. The minimum Gasteiger partial charge on any atom is -0.485 e. The second-order valence-electron chi connectivity index (χ2n) is 9.02. The Balaban J connectivity index is 1.05. The predicted octanol–water partition coefficient (Wildman–Crippen LogP) is 3.28. The van der Waals surface area contributed by atoms with Crippen LogP contribution in [0.5, 0.6) is 11.5 Å². The summed E-state index contributed by atoms with van der Waals surface area (Å²) in [5.41, 5.74) is 0.847. The number of pyridine rings is 1. The van der Waals surface area contributed by atoms with Crippen LogP contribution in [0.3, 0.4) is 0 Å². The zero-order chi connectivity index (χ0) is 22.9. The van der Waals surface area contributed by atoms with Gasteiger partial charge >= 0.3 is 0 Å². The fourth-order valence-corrected chi connectivity index (χ4v) is 4.90. The van der Waals surface area contributed by atoms with E-state index in [-0.39, 0.29) is 12.5 Å². The molecule has 6 rings (SSSR count). The van der Waals surface area contributed by atoms with Crippen LogP contribution in [0.2, 0.25) is 0 Å². The van der Waals surface area contributed by atoms with Crippen molar-refractivity contribution in [3.8, 4) is 22.9 Å². The van der Waals surface area contributed by atoms with Crippen LogP contribution in [0, 0.1) is 0 Å². The number of anilines is 1. The smallest absolute Gasteiger partial charge is 0.267 e. The Morgan fingerprint density at radius 3 is 2.53 bits per heavy atom. The number of piperazine rings is 1. The monoisotopic (exact) mass is 461 g/mol. The van der Waals surface area contributed by atoms with Gasteiger partial charge in [-0.25, -0.2) is 4.98 Å². The van der Waals surface area contributed by atoms with Crippen molar-refractivity contribution in [2.45, 2.75) is 37.7 Å². The maximum absolute atomic E-state index is 13.0. The quantitative estimate of drug-likeness (QED) is 0.584. The van der Waals surface area contributed by atoms with E-state index in [1.165, 1.54) is 12.8 Å². The number of aromatic nitrogens is 3. The van der Waals surface area contributed by atoms with Gasteiger partial charge in [-0.3, -0.25) is 4.79 Å². The summed E-state index contributed by atoms with van der Waals surface area (Å²) in [5.74, 6) is 3.87. The molecule has 2 aromatic heterocycles. The van der Waals surface area contributed by atoms with Gasteiger partial charge in [-0.05, 0) is 37.1 Å². The van der Waals surface area contributed by atoms with Gasteiger partial charge in [-0.1, -0.05) is 30.1 Å². The minimum absolute atomic E-state index is 0.0346. The number of nitrogens with zero attached hydrogens (tertiary/aromatic N) is 5. The molecule has 0 spiro atoms. The van der Waals surface area contributed by atoms with E-state index in [1.54, 1.807) is 6.20 Å². The van der Waals surface area contributed by atoms with Crippen LogP contribution >= 0.6 is 0 Å². The number of amides is 1. The molecule has 3 aliphatic rings. The molecule has 1 amide bonds. The van der Waals surface area contributed by atoms with Gasteiger partial charge in [-0.2, -0.15) is 4.98 Å². The molecule has 0 radical (unpaired) electrons. The first-order valence-corrected chi connectivity index (χ1v) is 12.0. The normalized spacial score (nSPS) is 20.5. The second kappa shape index (κ2) is 8.96. The number of fused-ring (bicyclic) bond motifs is 1.